The van der Waals surface area contributed by atoms with Crippen molar-refractivity contribution in [1.29, 1.82) is 0 Å². The Balaban J connectivity index is 2.58. The summed E-state index contributed by atoms with van der Waals surface area (Å²) >= 11 is 5.88. The van der Waals surface area contributed by atoms with Gasteiger partial charge in [-0.3, -0.25) is 4.79 Å². The molecule has 0 bridgehead atoms. The molecule has 0 radical (unpaired) electrons. The minimum atomic E-state index is -2.00. The number of benzene rings is 1. The van der Waals surface area contributed by atoms with Gasteiger partial charge in [-0.25, -0.2) is 4.79 Å². The van der Waals surface area contributed by atoms with E-state index in [-0.39, 0.29) is 22.1 Å². The molecule has 1 atom stereocenters. The molecule has 0 amide bonds. The molecular weight excluding hydrogens is 328 g/mol. The molecule has 2 aromatic rings. The molecule has 0 saturated heterocycles. The number of fused-ring (bicyclic) bond motifs is 3. The maximum absolute atomic E-state index is 12.1. The Kier molecular flexibility index (Phi) is 3.17. The molecule has 3 rings (SSSR count). The molecule has 7 nitrogen and oxygen atoms in total. The molecule has 8 heteroatoms. The second kappa shape index (κ2) is 4.74. The van der Waals surface area contributed by atoms with E-state index < -0.39 is 39.3 Å². The van der Waals surface area contributed by atoms with E-state index in [9.17, 15) is 24.9 Å². The number of hydrogen-bond donors (Lipinski definition) is 3. The van der Waals surface area contributed by atoms with Crippen molar-refractivity contribution in [2.45, 2.75) is 12.5 Å². The number of methoxy groups -OCH3 is 1. The summed E-state index contributed by atoms with van der Waals surface area (Å²) in [5.74, 6) is -2.71. The number of ether oxygens (including phenoxy) is 1. The second-order valence-corrected chi connectivity index (χ2v) is 5.60. The van der Waals surface area contributed by atoms with Crippen LogP contribution in [0.2, 0.25) is 0 Å². The van der Waals surface area contributed by atoms with E-state index in [1.807, 2.05) is 0 Å². The van der Waals surface area contributed by atoms with Crippen molar-refractivity contribution in [1.82, 2.24) is 0 Å². The van der Waals surface area contributed by atoms with E-state index in [0.717, 1.165) is 0 Å². The van der Waals surface area contributed by atoms with E-state index in [1.165, 1.54) is 26.2 Å². The molecular formula is C15H11ClO7. The van der Waals surface area contributed by atoms with Crippen LogP contribution in [0.15, 0.2) is 32.1 Å². The van der Waals surface area contributed by atoms with E-state index in [2.05, 4.69) is 0 Å². The first-order chi connectivity index (χ1) is 10.7. The predicted octanol–water partition coefficient (Wildman–Crippen LogP) is 1.92. The van der Waals surface area contributed by atoms with Crippen LogP contribution < -0.4 is 10.4 Å². The molecule has 1 aromatic carbocycles. The van der Waals surface area contributed by atoms with Crippen LogP contribution in [-0.4, -0.2) is 28.2 Å². The molecule has 23 heavy (non-hydrogen) atoms. The van der Waals surface area contributed by atoms with Crippen molar-refractivity contribution < 1.29 is 29.3 Å². The monoisotopic (exact) mass is 338 g/mol. The third-order valence-corrected chi connectivity index (χ3v) is 4.31. The molecule has 0 spiro atoms. The van der Waals surface area contributed by atoms with Gasteiger partial charge in [-0.1, -0.05) is 11.6 Å². The van der Waals surface area contributed by atoms with Crippen LogP contribution in [-0.2, 0) is 5.60 Å². The van der Waals surface area contributed by atoms with E-state index in [4.69, 9.17) is 20.8 Å². The number of aromatic hydroxyl groups is 1. The number of ketones is 1. The lowest BCUT2D eigenvalue weighted by atomic mass is 9.84. The summed E-state index contributed by atoms with van der Waals surface area (Å²) in [6.07, 6.45) is 0. The average Bonchev–Trinajstić information content (AvgIpc) is 2.50. The Labute approximate surface area is 134 Å². The van der Waals surface area contributed by atoms with Gasteiger partial charge in [0.2, 0.25) is 0 Å². The zero-order chi connectivity index (χ0) is 17.1. The maximum atomic E-state index is 12.1. The standard InChI is InChI=1S/C15H11ClO7/c1-15(21)9-6-3-5(22-2)4-7(17)8(6)14(20)23-12(9)10(18)11(19)13(15)16/h3-4,17,19,21H,1-2H3/t15-/m1/s1. The highest BCUT2D eigenvalue weighted by Gasteiger charge is 2.44. The lowest BCUT2D eigenvalue weighted by Crippen LogP contribution is -2.33. The van der Waals surface area contributed by atoms with Gasteiger partial charge in [0.15, 0.2) is 11.5 Å². The summed E-state index contributed by atoms with van der Waals surface area (Å²) in [6, 6.07) is 2.55. The van der Waals surface area contributed by atoms with Crippen LogP contribution in [0.1, 0.15) is 23.0 Å². The van der Waals surface area contributed by atoms with Crippen molar-refractivity contribution in [3.05, 3.63) is 44.7 Å². The first-order valence-electron chi connectivity index (χ1n) is 6.44. The molecule has 0 unspecified atom stereocenters. The first-order valence-corrected chi connectivity index (χ1v) is 6.82. The maximum Gasteiger partial charge on any atom is 0.348 e. The van der Waals surface area contributed by atoms with Gasteiger partial charge in [0.1, 0.15) is 22.5 Å². The molecule has 1 heterocycles. The second-order valence-electron chi connectivity index (χ2n) is 5.23. The van der Waals surface area contributed by atoms with Gasteiger partial charge in [-0.05, 0) is 13.0 Å². The minimum absolute atomic E-state index is 0.0390. The molecule has 0 aliphatic heterocycles. The number of phenols is 1. The number of carbonyl (C=O) groups excluding carboxylic acids is 1. The number of carbonyl (C=O) groups is 1. The van der Waals surface area contributed by atoms with Gasteiger partial charge in [-0.15, -0.1) is 0 Å². The van der Waals surface area contributed by atoms with Crippen LogP contribution in [0, 0.1) is 0 Å². The van der Waals surface area contributed by atoms with Crippen molar-refractivity contribution in [2.75, 3.05) is 7.11 Å². The number of halogens is 1. The third kappa shape index (κ3) is 1.94. The van der Waals surface area contributed by atoms with E-state index in [1.54, 1.807) is 0 Å². The quantitative estimate of drug-likeness (QED) is 0.727. The fraction of sp³-hybridized carbons (Fsp3) is 0.200. The fourth-order valence-electron chi connectivity index (χ4n) is 2.64. The largest absolute Gasteiger partial charge is 0.507 e. The Morgan fingerprint density at radius 1 is 1.26 bits per heavy atom. The minimum Gasteiger partial charge on any atom is -0.507 e. The molecule has 120 valence electrons. The molecule has 0 saturated carbocycles. The molecule has 0 fully saturated rings. The van der Waals surface area contributed by atoms with Crippen LogP contribution >= 0.6 is 11.6 Å². The van der Waals surface area contributed by atoms with Crippen LogP contribution in [0.25, 0.3) is 10.8 Å². The Morgan fingerprint density at radius 2 is 1.91 bits per heavy atom. The number of Topliss-reactive ketones (excluding diaryl/α,β-unsaturated/α-hetero) is 1. The van der Waals surface area contributed by atoms with Gasteiger partial charge >= 0.3 is 5.63 Å². The van der Waals surface area contributed by atoms with Crippen LogP contribution in [0.3, 0.4) is 0 Å². The summed E-state index contributed by atoms with van der Waals surface area (Å²) in [7, 11) is 1.35. The number of rotatable bonds is 1. The lowest BCUT2D eigenvalue weighted by molar-refractivity contribution is 0.0759. The highest BCUT2D eigenvalue weighted by molar-refractivity contribution is 6.34. The van der Waals surface area contributed by atoms with Crippen molar-refractivity contribution in [2.24, 2.45) is 0 Å². The number of aliphatic hydroxyl groups excluding tert-OH is 1. The van der Waals surface area contributed by atoms with E-state index in [0.29, 0.717) is 0 Å². The number of phenolic OH excluding ortho intramolecular Hbond substituents is 1. The lowest BCUT2D eigenvalue weighted by Gasteiger charge is -2.29. The van der Waals surface area contributed by atoms with Crippen molar-refractivity contribution >= 4 is 28.2 Å². The van der Waals surface area contributed by atoms with Gasteiger partial charge in [-0.2, -0.15) is 0 Å². The molecule has 1 aliphatic rings. The topological polar surface area (TPSA) is 117 Å². The van der Waals surface area contributed by atoms with Crippen molar-refractivity contribution in [3.8, 4) is 11.5 Å². The van der Waals surface area contributed by atoms with Gasteiger partial charge < -0.3 is 24.5 Å². The third-order valence-electron chi connectivity index (χ3n) is 3.77. The number of aliphatic hydroxyl groups is 2. The first kappa shape index (κ1) is 15.4. The van der Waals surface area contributed by atoms with Crippen LogP contribution in [0.4, 0.5) is 0 Å². The summed E-state index contributed by atoms with van der Waals surface area (Å²) < 4.78 is 9.94. The molecule has 1 aromatic heterocycles. The fourth-order valence-corrected chi connectivity index (χ4v) is 2.82. The zero-order valence-electron chi connectivity index (χ0n) is 12.0. The molecule has 3 N–H and O–H groups in total. The average molecular weight is 339 g/mol. The normalized spacial score (nSPS) is 20.8. The van der Waals surface area contributed by atoms with Gasteiger partial charge in [0.25, 0.3) is 5.78 Å². The van der Waals surface area contributed by atoms with Crippen LogP contribution in [0.5, 0.6) is 11.5 Å². The SMILES string of the molecule is COc1cc(O)c2c(=O)oc3c(c2c1)[C@@](C)(O)C(Cl)=C(O)C3=O. The highest BCUT2D eigenvalue weighted by Crippen LogP contribution is 2.45. The van der Waals surface area contributed by atoms with Gasteiger partial charge in [0, 0.05) is 17.0 Å². The van der Waals surface area contributed by atoms with Crippen molar-refractivity contribution in [3.63, 3.8) is 0 Å². The number of allylic oxidation sites excluding steroid dienone is 1. The number of hydrogen-bond acceptors (Lipinski definition) is 7. The summed E-state index contributed by atoms with van der Waals surface area (Å²) in [5.41, 5.74) is -3.12. The molecule has 1 aliphatic carbocycles. The van der Waals surface area contributed by atoms with E-state index >= 15 is 0 Å². The highest BCUT2D eigenvalue weighted by atomic mass is 35.5. The predicted molar refractivity (Wildman–Crippen MR) is 80.1 cm³/mol. The zero-order valence-corrected chi connectivity index (χ0v) is 12.8. The summed E-state index contributed by atoms with van der Waals surface area (Å²) in [6.45, 7) is 1.23. The summed E-state index contributed by atoms with van der Waals surface area (Å²) in [5, 5.41) is 29.7. The summed E-state index contributed by atoms with van der Waals surface area (Å²) in [4.78, 5) is 24.2. The Hall–Kier alpha value is -2.51. The van der Waals surface area contributed by atoms with Gasteiger partial charge in [0.05, 0.1) is 12.1 Å². The Morgan fingerprint density at radius 3 is 2.52 bits per heavy atom. The smallest absolute Gasteiger partial charge is 0.348 e. The Bertz CT molecular complexity index is 952.